The summed E-state index contributed by atoms with van der Waals surface area (Å²) >= 11 is 0. The molecule has 1 aliphatic carbocycles. The van der Waals surface area contributed by atoms with Crippen molar-refractivity contribution in [3.8, 4) is 23.0 Å². The summed E-state index contributed by atoms with van der Waals surface area (Å²) in [5, 5.41) is 11.3. The number of aryl methyl sites for hydroxylation is 1. The molecule has 6 heteroatoms. The van der Waals surface area contributed by atoms with Gasteiger partial charge in [0, 0.05) is 17.9 Å². The van der Waals surface area contributed by atoms with Crippen LogP contribution < -0.4 is 5.32 Å². The number of alkyl carbamates (subject to hydrolysis) is 1. The molecule has 0 fully saturated rings. The van der Waals surface area contributed by atoms with Gasteiger partial charge in [-0.25, -0.2) is 9.18 Å². The average Bonchev–Trinajstić information content (AvgIpc) is 3.13. The molecule has 1 aliphatic rings. The highest BCUT2D eigenvalue weighted by Gasteiger charge is 2.28. The van der Waals surface area contributed by atoms with Crippen molar-refractivity contribution in [1.29, 1.82) is 0 Å². The summed E-state index contributed by atoms with van der Waals surface area (Å²) < 4.78 is 19.5. The highest BCUT2D eigenvalue weighted by molar-refractivity contribution is 5.79. The van der Waals surface area contributed by atoms with E-state index >= 15 is 0 Å². The normalized spacial score (nSPS) is 11.7. The van der Waals surface area contributed by atoms with Gasteiger partial charge in [-0.3, -0.25) is 4.79 Å². The maximum atomic E-state index is 14.0. The van der Waals surface area contributed by atoms with E-state index < -0.39 is 17.9 Å². The van der Waals surface area contributed by atoms with E-state index in [2.05, 4.69) is 41.4 Å². The van der Waals surface area contributed by atoms with Gasteiger partial charge in [0.2, 0.25) is 0 Å². The van der Waals surface area contributed by atoms with Crippen LogP contribution >= 0.6 is 0 Å². The van der Waals surface area contributed by atoms with E-state index in [1.807, 2.05) is 24.3 Å². The smallest absolute Gasteiger partial charge is 0.407 e. The van der Waals surface area contributed by atoms with Crippen LogP contribution in [0.4, 0.5) is 9.18 Å². The van der Waals surface area contributed by atoms with Gasteiger partial charge >= 0.3 is 12.1 Å². The molecule has 4 rings (SSSR count). The summed E-state index contributed by atoms with van der Waals surface area (Å²) in [6.45, 7) is 0.273. The zero-order valence-electron chi connectivity index (χ0n) is 17.8. The fourth-order valence-corrected chi connectivity index (χ4v) is 3.98. The molecule has 0 aromatic heterocycles. The Morgan fingerprint density at radius 2 is 1.67 bits per heavy atom. The summed E-state index contributed by atoms with van der Waals surface area (Å²) in [6.07, 6.45) is -0.578. The first-order valence-electron chi connectivity index (χ1n) is 10.6. The Balaban J connectivity index is 1.30. The van der Waals surface area contributed by atoms with E-state index in [9.17, 15) is 14.0 Å². The molecule has 0 atom stereocenters. The minimum atomic E-state index is -0.974. The van der Waals surface area contributed by atoms with Gasteiger partial charge in [0.1, 0.15) is 12.4 Å². The second-order valence-corrected chi connectivity index (χ2v) is 7.68. The van der Waals surface area contributed by atoms with Crippen LogP contribution in [0.5, 0.6) is 0 Å². The molecule has 0 radical (unpaired) electrons. The van der Waals surface area contributed by atoms with Gasteiger partial charge in [-0.1, -0.05) is 66.4 Å². The third-order valence-electron chi connectivity index (χ3n) is 5.56. The van der Waals surface area contributed by atoms with Crippen LogP contribution in [0.3, 0.4) is 0 Å². The predicted molar refractivity (Wildman–Crippen MR) is 122 cm³/mol. The predicted octanol–water partition coefficient (Wildman–Crippen LogP) is 4.73. The molecule has 5 nitrogen and oxygen atoms in total. The number of carboxylic acid groups (broad SMARTS) is 1. The molecule has 3 aromatic rings. The minimum absolute atomic E-state index is 0.0168. The van der Waals surface area contributed by atoms with Gasteiger partial charge in [-0.05, 0) is 46.4 Å². The Hall–Kier alpha value is -4.11. The Kier molecular flexibility index (Phi) is 6.70. The number of rotatable bonds is 6. The summed E-state index contributed by atoms with van der Waals surface area (Å²) in [6, 6.07) is 20.6. The SMILES string of the molecule is O=C(O)CCc1ccc(C#CCNC(=O)OCC2c3ccccc3-c3ccccc32)cc1F. The second-order valence-electron chi connectivity index (χ2n) is 7.68. The van der Waals surface area contributed by atoms with Crippen LogP contribution in [0.15, 0.2) is 66.7 Å². The van der Waals surface area contributed by atoms with E-state index in [0.29, 0.717) is 11.1 Å². The first-order valence-corrected chi connectivity index (χ1v) is 10.6. The number of ether oxygens (including phenoxy) is 1. The molecule has 0 heterocycles. The quantitative estimate of drug-likeness (QED) is 0.540. The third kappa shape index (κ3) is 5.21. The molecule has 2 N–H and O–H groups in total. The number of fused-ring (bicyclic) bond motifs is 3. The molecule has 0 spiro atoms. The van der Waals surface area contributed by atoms with E-state index in [1.165, 1.54) is 12.1 Å². The van der Waals surface area contributed by atoms with E-state index in [-0.39, 0.29) is 31.9 Å². The zero-order chi connectivity index (χ0) is 23.2. The van der Waals surface area contributed by atoms with Gasteiger partial charge in [0.25, 0.3) is 0 Å². The maximum absolute atomic E-state index is 14.0. The van der Waals surface area contributed by atoms with Gasteiger partial charge in [-0.15, -0.1) is 0 Å². The number of amides is 1. The van der Waals surface area contributed by atoms with Gasteiger partial charge in [-0.2, -0.15) is 0 Å². The molecule has 1 amide bonds. The lowest BCUT2D eigenvalue weighted by molar-refractivity contribution is -0.136. The largest absolute Gasteiger partial charge is 0.481 e. The summed E-state index contributed by atoms with van der Waals surface area (Å²) in [5.41, 5.74) is 5.38. The Morgan fingerprint density at radius 1 is 1.00 bits per heavy atom. The number of carbonyl (C=O) groups is 2. The van der Waals surface area contributed by atoms with E-state index in [1.54, 1.807) is 6.07 Å². The van der Waals surface area contributed by atoms with E-state index in [4.69, 9.17) is 9.84 Å². The second kappa shape index (κ2) is 10.0. The Morgan fingerprint density at radius 3 is 2.30 bits per heavy atom. The first-order chi connectivity index (χ1) is 16.0. The van der Waals surface area contributed by atoms with Crippen molar-refractivity contribution in [2.75, 3.05) is 13.2 Å². The molecule has 3 aromatic carbocycles. The number of hydrogen-bond donors (Lipinski definition) is 2. The van der Waals surface area contributed by atoms with Crippen molar-refractivity contribution in [1.82, 2.24) is 5.32 Å². The van der Waals surface area contributed by atoms with Crippen LogP contribution in [0.1, 0.15) is 34.6 Å². The Labute approximate surface area is 191 Å². The molecule has 0 saturated heterocycles. The van der Waals surface area contributed by atoms with Gasteiger partial charge in [0.05, 0.1) is 6.54 Å². The van der Waals surface area contributed by atoms with Crippen LogP contribution in [0.25, 0.3) is 11.1 Å². The molecular formula is C27H22FNO4. The summed E-state index contributed by atoms with van der Waals surface area (Å²) in [5.74, 6) is 4.06. The number of halogens is 1. The summed E-state index contributed by atoms with van der Waals surface area (Å²) in [4.78, 5) is 22.8. The molecule has 33 heavy (non-hydrogen) atoms. The topological polar surface area (TPSA) is 75.6 Å². The maximum Gasteiger partial charge on any atom is 0.407 e. The standard InChI is InChI=1S/C27H22FNO4/c28-25-16-18(11-12-19(25)13-14-26(30)31)6-5-15-29-27(32)33-17-24-22-9-3-1-7-20(22)21-8-2-4-10-23(21)24/h1-4,7-12,16,24H,13-15,17H2,(H,29,32)(H,30,31). The number of nitrogens with one attached hydrogen (secondary N) is 1. The molecule has 166 valence electrons. The molecule has 0 bridgehead atoms. The van der Waals surface area contributed by atoms with Crippen molar-refractivity contribution in [3.63, 3.8) is 0 Å². The van der Waals surface area contributed by atoms with Crippen LogP contribution in [-0.4, -0.2) is 30.3 Å². The van der Waals surface area contributed by atoms with Crippen LogP contribution in [0, 0.1) is 17.7 Å². The number of hydrogen-bond acceptors (Lipinski definition) is 3. The fourth-order valence-electron chi connectivity index (χ4n) is 3.98. The summed E-state index contributed by atoms with van der Waals surface area (Å²) in [7, 11) is 0. The van der Waals surface area contributed by atoms with Gasteiger partial charge < -0.3 is 15.2 Å². The van der Waals surface area contributed by atoms with Crippen LogP contribution in [0.2, 0.25) is 0 Å². The lowest BCUT2D eigenvalue weighted by Crippen LogP contribution is -2.26. The number of benzene rings is 3. The number of carbonyl (C=O) groups excluding carboxylic acids is 1. The van der Waals surface area contributed by atoms with Crippen molar-refractivity contribution in [2.45, 2.75) is 18.8 Å². The lowest BCUT2D eigenvalue weighted by Gasteiger charge is -2.14. The minimum Gasteiger partial charge on any atom is -0.481 e. The highest BCUT2D eigenvalue weighted by atomic mass is 19.1. The molecule has 0 saturated carbocycles. The highest BCUT2D eigenvalue weighted by Crippen LogP contribution is 2.44. The average molecular weight is 443 g/mol. The van der Waals surface area contributed by atoms with Gasteiger partial charge in [0.15, 0.2) is 0 Å². The van der Waals surface area contributed by atoms with E-state index in [0.717, 1.165) is 22.3 Å². The monoisotopic (exact) mass is 443 g/mol. The van der Waals surface area contributed by atoms with Crippen molar-refractivity contribution >= 4 is 12.1 Å². The van der Waals surface area contributed by atoms with Crippen molar-refractivity contribution in [3.05, 3.63) is 94.8 Å². The third-order valence-corrected chi connectivity index (χ3v) is 5.56. The number of carboxylic acids is 1. The van der Waals surface area contributed by atoms with Crippen molar-refractivity contribution in [2.24, 2.45) is 0 Å². The lowest BCUT2D eigenvalue weighted by atomic mass is 9.98. The molecule has 0 aliphatic heterocycles. The first kappa shape index (κ1) is 22.1. The fraction of sp³-hybridized carbons (Fsp3) is 0.185. The van der Waals surface area contributed by atoms with Crippen molar-refractivity contribution < 1.29 is 23.8 Å². The molecule has 0 unspecified atom stereocenters. The van der Waals surface area contributed by atoms with Crippen LogP contribution in [-0.2, 0) is 16.0 Å². The zero-order valence-corrected chi connectivity index (χ0v) is 17.8. The number of aliphatic carboxylic acids is 1. The Bertz CT molecular complexity index is 1210. The molecular weight excluding hydrogens is 421 g/mol.